The lowest BCUT2D eigenvalue weighted by Crippen LogP contribution is -3.00. The maximum atomic E-state index is 13.5. The number of carboxylic acids is 1. The van der Waals surface area contributed by atoms with Crippen molar-refractivity contribution in [3.05, 3.63) is 59.9 Å². The highest BCUT2D eigenvalue weighted by molar-refractivity contribution is 8.01. The highest BCUT2D eigenvalue weighted by Gasteiger charge is 2.41. The van der Waals surface area contributed by atoms with Crippen molar-refractivity contribution < 1.29 is 51.7 Å². The fourth-order valence-electron chi connectivity index (χ4n) is 4.56. The lowest BCUT2D eigenvalue weighted by Gasteiger charge is -2.41. The van der Waals surface area contributed by atoms with Gasteiger partial charge in [-0.2, -0.15) is 4.31 Å². The number of carbonyl (C=O) groups is 2. The van der Waals surface area contributed by atoms with Gasteiger partial charge in [-0.25, -0.2) is 13.0 Å². The van der Waals surface area contributed by atoms with Gasteiger partial charge in [0.05, 0.1) is 27.9 Å². The number of aromatic nitrogens is 1. The summed E-state index contributed by atoms with van der Waals surface area (Å²) >= 11 is 7.40. The Morgan fingerprint density at radius 1 is 1.16 bits per heavy atom. The number of hydrogen-bond acceptors (Lipinski definition) is 6. The van der Waals surface area contributed by atoms with Crippen LogP contribution in [0.3, 0.4) is 0 Å². The van der Waals surface area contributed by atoms with E-state index in [0.717, 1.165) is 21.4 Å². The summed E-state index contributed by atoms with van der Waals surface area (Å²) in [6.07, 6.45) is 3.43. The van der Waals surface area contributed by atoms with Gasteiger partial charge in [0.15, 0.2) is 17.8 Å². The molecule has 0 spiro atoms. The zero-order chi connectivity index (χ0) is 25.6. The molecule has 2 unspecified atom stereocenters. The molecule has 1 fully saturated rings. The molecule has 0 bridgehead atoms. The topological polar surface area (TPSA) is 111 Å². The van der Waals surface area contributed by atoms with Crippen LogP contribution in [0, 0.1) is 0 Å². The van der Waals surface area contributed by atoms with Crippen molar-refractivity contribution in [1.82, 2.24) is 9.21 Å². The first-order chi connectivity index (χ1) is 17.1. The third-order valence-corrected chi connectivity index (χ3v) is 9.60. The van der Waals surface area contributed by atoms with E-state index in [1.54, 1.807) is 30.3 Å². The summed E-state index contributed by atoms with van der Waals surface area (Å²) in [6, 6.07) is 11.1. The average molecular weight is 675 g/mol. The van der Waals surface area contributed by atoms with E-state index >= 15 is 0 Å². The molecule has 0 radical (unpaired) electrons. The maximum Gasteiger partial charge on any atom is 0.305 e. The molecule has 37 heavy (non-hydrogen) atoms. The molecule has 5 rings (SSSR count). The van der Waals surface area contributed by atoms with E-state index in [1.165, 1.54) is 27.0 Å². The molecule has 3 heterocycles. The van der Waals surface area contributed by atoms with Crippen LogP contribution in [0.25, 0.3) is 10.8 Å². The second-order valence-corrected chi connectivity index (χ2v) is 12.4. The second-order valence-electron chi connectivity index (χ2n) is 8.83. The number of fused-ring (bicyclic) bond motifs is 2. The third-order valence-electron chi connectivity index (χ3n) is 6.37. The largest absolute Gasteiger partial charge is 1.00 e. The van der Waals surface area contributed by atoms with Gasteiger partial charge < -0.3 is 39.3 Å². The number of carboxylic acid groups (broad SMARTS) is 1. The zero-order valence-electron chi connectivity index (χ0n) is 19.7. The van der Waals surface area contributed by atoms with Crippen LogP contribution in [0.4, 0.5) is 5.69 Å². The smallest absolute Gasteiger partial charge is 0.305 e. The van der Waals surface area contributed by atoms with Crippen molar-refractivity contribution >= 4 is 61.7 Å². The predicted molar refractivity (Wildman–Crippen MR) is 136 cm³/mol. The third kappa shape index (κ3) is 5.67. The molecule has 1 amide bonds. The minimum Gasteiger partial charge on any atom is -1.00 e. The Hall–Kier alpha value is -2.13. The Morgan fingerprint density at radius 2 is 1.89 bits per heavy atom. The van der Waals surface area contributed by atoms with Crippen LogP contribution in [-0.4, -0.2) is 65.7 Å². The van der Waals surface area contributed by atoms with Crippen molar-refractivity contribution in [3.63, 3.8) is 0 Å². The number of aryl methyl sites for hydroxylation is 1. The van der Waals surface area contributed by atoms with E-state index in [0.29, 0.717) is 5.02 Å². The number of pyridine rings is 1. The van der Waals surface area contributed by atoms with Gasteiger partial charge in [-0.3, -0.25) is 9.59 Å². The lowest BCUT2D eigenvalue weighted by molar-refractivity contribution is -0.673. The van der Waals surface area contributed by atoms with Gasteiger partial charge in [-0.1, -0.05) is 35.5 Å². The molecular formula is C24H24ClIN4O5S2. The molecule has 2 aromatic carbocycles. The number of nitrogens with one attached hydrogen (secondary N) is 1. The van der Waals surface area contributed by atoms with E-state index in [4.69, 9.17) is 11.6 Å². The van der Waals surface area contributed by atoms with E-state index in [2.05, 4.69) is 5.32 Å². The first-order valence-corrected chi connectivity index (χ1v) is 14.0. The number of benzene rings is 2. The summed E-state index contributed by atoms with van der Waals surface area (Å²) in [4.78, 5) is 27.6. The standard InChI is InChI=1S/C24H23ClN4O5S2.HI/c1-27-7-6-20-21(14-27)35-23(26-20)24(32)29-9-8-28(13-18(29)12-22(30)31)36(33,34)19-5-3-15-10-17(25)4-2-16(15)11-19;/h2-7,10-11,14,18,23H,8-9,12-13H2,1H3,(H,30,31);1H. The summed E-state index contributed by atoms with van der Waals surface area (Å²) in [5, 5.41) is 14.2. The Kier molecular flexibility index (Phi) is 8.24. The van der Waals surface area contributed by atoms with Crippen molar-refractivity contribution in [2.45, 2.75) is 27.6 Å². The summed E-state index contributed by atoms with van der Waals surface area (Å²) in [7, 11) is -2.01. The first-order valence-electron chi connectivity index (χ1n) is 11.3. The molecule has 2 N–H and O–H groups in total. The number of sulfonamides is 1. The van der Waals surface area contributed by atoms with Gasteiger partial charge in [0.25, 0.3) is 5.91 Å². The number of amides is 1. The van der Waals surface area contributed by atoms with Crippen molar-refractivity contribution in [1.29, 1.82) is 0 Å². The SMILES string of the molecule is C[n+]1ccc2c(c1)SC(C(=O)N1CCN(S(=O)(=O)c3ccc4cc(Cl)ccc4c3)CC1CC(=O)O)N2.[I-]. The maximum absolute atomic E-state index is 13.5. The fraction of sp³-hybridized carbons (Fsp3) is 0.292. The van der Waals surface area contributed by atoms with Crippen LogP contribution < -0.4 is 33.9 Å². The lowest BCUT2D eigenvalue weighted by atomic mass is 10.1. The molecule has 1 saturated heterocycles. The van der Waals surface area contributed by atoms with Gasteiger partial charge in [0.2, 0.25) is 10.0 Å². The van der Waals surface area contributed by atoms with E-state index in [-0.39, 0.29) is 60.8 Å². The van der Waals surface area contributed by atoms with Gasteiger partial charge in [-0.15, -0.1) is 0 Å². The Balaban J connectivity index is 0.00000320. The molecule has 0 saturated carbocycles. The number of hydrogen-bond donors (Lipinski definition) is 2. The number of thioether (sulfide) groups is 1. The van der Waals surface area contributed by atoms with Gasteiger partial charge in [0.1, 0.15) is 7.05 Å². The summed E-state index contributed by atoms with van der Waals surface area (Å²) in [5.41, 5.74) is 0.838. The monoisotopic (exact) mass is 674 g/mol. The minimum atomic E-state index is -3.90. The van der Waals surface area contributed by atoms with Crippen molar-refractivity contribution in [2.75, 3.05) is 25.0 Å². The van der Waals surface area contributed by atoms with Crippen molar-refractivity contribution in [3.8, 4) is 0 Å². The van der Waals surface area contributed by atoms with Gasteiger partial charge in [-0.05, 0) is 35.0 Å². The van der Waals surface area contributed by atoms with Crippen LogP contribution in [0.15, 0.2) is 64.6 Å². The fourth-order valence-corrected chi connectivity index (χ4v) is 7.40. The number of halogens is 2. The number of anilines is 1. The molecule has 2 aliphatic heterocycles. The number of rotatable bonds is 5. The van der Waals surface area contributed by atoms with E-state index in [1.807, 2.05) is 30.1 Å². The highest BCUT2D eigenvalue weighted by atomic mass is 127. The highest BCUT2D eigenvalue weighted by Crippen LogP contribution is 2.38. The number of aliphatic carboxylic acids is 1. The summed E-state index contributed by atoms with van der Waals surface area (Å²) < 4.78 is 30.1. The molecule has 196 valence electrons. The average Bonchev–Trinajstić information content (AvgIpc) is 3.26. The molecular weight excluding hydrogens is 651 g/mol. The molecule has 2 atom stereocenters. The van der Waals surface area contributed by atoms with Crippen LogP contribution in [-0.2, 0) is 26.7 Å². The zero-order valence-corrected chi connectivity index (χ0v) is 24.2. The van der Waals surface area contributed by atoms with E-state index in [9.17, 15) is 23.1 Å². The summed E-state index contributed by atoms with van der Waals surface area (Å²) in [6.45, 7) is 0.0720. The molecule has 1 aromatic heterocycles. The van der Waals surface area contributed by atoms with Gasteiger partial charge >= 0.3 is 5.97 Å². The quantitative estimate of drug-likeness (QED) is 0.279. The van der Waals surface area contributed by atoms with Crippen molar-refractivity contribution in [2.24, 2.45) is 7.05 Å². The Labute approximate surface area is 240 Å². The molecule has 13 heteroatoms. The second kappa shape index (κ2) is 10.9. The van der Waals surface area contributed by atoms with Crippen LogP contribution >= 0.6 is 23.4 Å². The van der Waals surface area contributed by atoms with Crippen LogP contribution in [0.5, 0.6) is 0 Å². The first kappa shape index (κ1) is 27.9. The van der Waals surface area contributed by atoms with Gasteiger partial charge in [0, 0.05) is 30.7 Å². The predicted octanol–water partition coefficient (Wildman–Crippen LogP) is -0.458. The molecule has 9 nitrogen and oxygen atoms in total. The normalized spacial score (nSPS) is 19.7. The Morgan fingerprint density at radius 3 is 2.65 bits per heavy atom. The Bertz CT molecular complexity index is 1490. The van der Waals surface area contributed by atoms with E-state index < -0.39 is 27.4 Å². The molecule has 3 aromatic rings. The number of nitrogens with zero attached hydrogens (tertiary/aromatic N) is 3. The van der Waals surface area contributed by atoms with Crippen LogP contribution in [0.1, 0.15) is 6.42 Å². The minimum absolute atomic E-state index is 0. The molecule has 2 aliphatic rings. The molecule has 0 aliphatic carbocycles. The summed E-state index contributed by atoms with van der Waals surface area (Å²) in [5.74, 6) is -1.35. The van der Waals surface area contributed by atoms with Crippen LogP contribution in [0.2, 0.25) is 5.02 Å². The number of carbonyl (C=O) groups excluding carboxylic acids is 1. The number of piperazine rings is 1.